The van der Waals surface area contributed by atoms with E-state index in [9.17, 15) is 22.8 Å². The second kappa shape index (κ2) is 7.79. The third kappa shape index (κ3) is 3.99. The maximum Gasteiger partial charge on any atom is 0.418 e. The standard InChI is InChI=1S/C22H15F3N2O2S/c23-22(24,25)17-10-14(13-5-2-1-3-6-13)9-16-19(28)11-18(27-20(16)17)21(29)26-12-15-7-4-8-30-15/h1-11H,12H2,(H,26,29)(H,27,28). The smallest absolute Gasteiger partial charge is 0.350 e. The summed E-state index contributed by atoms with van der Waals surface area (Å²) in [6, 6.07) is 15.6. The Kier molecular flexibility index (Phi) is 5.17. The number of aromatic amines is 1. The van der Waals surface area contributed by atoms with Gasteiger partial charge in [-0.15, -0.1) is 11.3 Å². The van der Waals surface area contributed by atoms with Gasteiger partial charge in [0.25, 0.3) is 5.91 Å². The molecule has 0 aliphatic carbocycles. The first-order valence-electron chi connectivity index (χ1n) is 8.97. The number of alkyl halides is 3. The van der Waals surface area contributed by atoms with Gasteiger partial charge in [0.05, 0.1) is 17.6 Å². The number of hydrogen-bond donors (Lipinski definition) is 2. The number of pyridine rings is 1. The number of halogens is 3. The first kappa shape index (κ1) is 19.9. The van der Waals surface area contributed by atoms with Gasteiger partial charge < -0.3 is 10.3 Å². The molecule has 4 aromatic rings. The van der Waals surface area contributed by atoms with E-state index in [-0.39, 0.29) is 23.2 Å². The Labute approximate surface area is 173 Å². The number of benzene rings is 2. The van der Waals surface area contributed by atoms with Crippen LogP contribution in [-0.2, 0) is 12.7 Å². The zero-order valence-electron chi connectivity index (χ0n) is 15.4. The maximum atomic E-state index is 13.8. The number of carbonyl (C=O) groups is 1. The van der Waals surface area contributed by atoms with Crippen molar-refractivity contribution in [2.24, 2.45) is 0 Å². The highest BCUT2D eigenvalue weighted by Gasteiger charge is 2.34. The summed E-state index contributed by atoms with van der Waals surface area (Å²) in [7, 11) is 0. The Balaban J connectivity index is 1.81. The number of thiophene rings is 1. The molecule has 0 bridgehead atoms. The summed E-state index contributed by atoms with van der Waals surface area (Å²) in [5, 5.41) is 4.33. The fraction of sp³-hybridized carbons (Fsp3) is 0.0909. The molecule has 0 unspecified atom stereocenters. The van der Waals surface area contributed by atoms with Crippen LogP contribution in [0.3, 0.4) is 0 Å². The molecule has 4 rings (SSSR count). The van der Waals surface area contributed by atoms with Crippen LogP contribution in [0.1, 0.15) is 20.9 Å². The van der Waals surface area contributed by atoms with E-state index in [2.05, 4.69) is 10.3 Å². The van der Waals surface area contributed by atoms with Crippen molar-refractivity contribution < 1.29 is 18.0 Å². The topological polar surface area (TPSA) is 62.0 Å². The van der Waals surface area contributed by atoms with Gasteiger partial charge in [0, 0.05) is 16.3 Å². The summed E-state index contributed by atoms with van der Waals surface area (Å²) < 4.78 is 41.4. The van der Waals surface area contributed by atoms with Gasteiger partial charge in [0.1, 0.15) is 5.69 Å². The lowest BCUT2D eigenvalue weighted by Crippen LogP contribution is -2.25. The average Bonchev–Trinajstić information content (AvgIpc) is 3.25. The highest BCUT2D eigenvalue weighted by Crippen LogP contribution is 2.36. The molecule has 0 fully saturated rings. The van der Waals surface area contributed by atoms with E-state index in [0.29, 0.717) is 5.56 Å². The van der Waals surface area contributed by atoms with Gasteiger partial charge in [-0.05, 0) is 34.7 Å². The molecule has 152 valence electrons. The monoisotopic (exact) mass is 428 g/mol. The molecule has 0 radical (unpaired) electrons. The van der Waals surface area contributed by atoms with Crippen molar-refractivity contribution in [2.75, 3.05) is 0 Å². The van der Waals surface area contributed by atoms with Crippen molar-refractivity contribution in [1.29, 1.82) is 0 Å². The summed E-state index contributed by atoms with van der Waals surface area (Å²) >= 11 is 1.44. The van der Waals surface area contributed by atoms with Crippen LogP contribution < -0.4 is 10.7 Å². The molecule has 0 aliphatic heterocycles. The number of hydrogen-bond acceptors (Lipinski definition) is 3. The van der Waals surface area contributed by atoms with Crippen LogP contribution in [0.2, 0.25) is 0 Å². The molecule has 0 atom stereocenters. The minimum Gasteiger partial charge on any atom is -0.350 e. The van der Waals surface area contributed by atoms with Crippen LogP contribution in [0.15, 0.2) is 70.8 Å². The minimum atomic E-state index is -4.71. The zero-order valence-corrected chi connectivity index (χ0v) is 16.2. The maximum absolute atomic E-state index is 13.8. The largest absolute Gasteiger partial charge is 0.418 e. The van der Waals surface area contributed by atoms with Crippen LogP contribution >= 0.6 is 11.3 Å². The predicted molar refractivity (Wildman–Crippen MR) is 110 cm³/mol. The van der Waals surface area contributed by atoms with Crippen molar-refractivity contribution in [3.63, 3.8) is 0 Å². The summed E-state index contributed by atoms with van der Waals surface area (Å²) in [4.78, 5) is 28.5. The second-order valence-corrected chi connectivity index (χ2v) is 7.65. The quantitative estimate of drug-likeness (QED) is 0.469. The lowest BCUT2D eigenvalue weighted by Gasteiger charge is -2.14. The molecular formula is C22H15F3N2O2S. The number of H-pyrrole nitrogens is 1. The fourth-order valence-electron chi connectivity index (χ4n) is 3.17. The van der Waals surface area contributed by atoms with Crippen LogP contribution in [0.25, 0.3) is 22.0 Å². The van der Waals surface area contributed by atoms with E-state index in [0.717, 1.165) is 17.0 Å². The van der Waals surface area contributed by atoms with Gasteiger partial charge in [0.15, 0.2) is 5.43 Å². The first-order valence-corrected chi connectivity index (χ1v) is 9.85. The lowest BCUT2D eigenvalue weighted by molar-refractivity contribution is -0.136. The van der Waals surface area contributed by atoms with E-state index in [1.807, 2.05) is 17.5 Å². The molecule has 2 N–H and O–H groups in total. The molecule has 2 heterocycles. The second-order valence-electron chi connectivity index (χ2n) is 6.62. The summed E-state index contributed by atoms with van der Waals surface area (Å²) in [5.41, 5.74) is -1.45. The number of carbonyl (C=O) groups excluding carboxylic acids is 1. The number of amides is 1. The third-order valence-corrected chi connectivity index (χ3v) is 5.48. The molecule has 1 amide bonds. The van der Waals surface area contributed by atoms with Crippen molar-refractivity contribution in [2.45, 2.75) is 12.7 Å². The number of aromatic nitrogens is 1. The SMILES string of the molecule is O=C(NCc1cccs1)c1cc(=O)c2cc(-c3ccccc3)cc(C(F)(F)F)c2[nH]1. The first-order chi connectivity index (χ1) is 14.3. The van der Waals surface area contributed by atoms with Gasteiger partial charge in [-0.25, -0.2) is 0 Å². The molecule has 0 saturated carbocycles. The Morgan fingerprint density at radius 1 is 1.00 bits per heavy atom. The molecule has 4 nitrogen and oxygen atoms in total. The van der Waals surface area contributed by atoms with Crippen LogP contribution in [-0.4, -0.2) is 10.9 Å². The van der Waals surface area contributed by atoms with Gasteiger partial charge in [-0.2, -0.15) is 13.2 Å². The van der Waals surface area contributed by atoms with Gasteiger partial charge >= 0.3 is 6.18 Å². The summed E-state index contributed by atoms with van der Waals surface area (Å²) in [5.74, 6) is -0.650. The lowest BCUT2D eigenvalue weighted by atomic mass is 9.98. The minimum absolute atomic E-state index is 0.126. The zero-order chi connectivity index (χ0) is 21.3. The Morgan fingerprint density at radius 2 is 1.77 bits per heavy atom. The van der Waals surface area contributed by atoms with E-state index in [1.165, 1.54) is 17.4 Å². The van der Waals surface area contributed by atoms with Gasteiger partial charge in [-0.3, -0.25) is 9.59 Å². The summed E-state index contributed by atoms with van der Waals surface area (Å²) in [6.07, 6.45) is -4.71. The molecule has 0 spiro atoms. The highest BCUT2D eigenvalue weighted by atomic mass is 32.1. The molecule has 2 aromatic carbocycles. The van der Waals surface area contributed by atoms with Crippen molar-refractivity contribution in [3.8, 4) is 11.1 Å². The van der Waals surface area contributed by atoms with E-state index in [4.69, 9.17) is 0 Å². The predicted octanol–water partition coefficient (Wildman–Crippen LogP) is 5.21. The van der Waals surface area contributed by atoms with Crippen molar-refractivity contribution in [3.05, 3.63) is 92.4 Å². The molecular weight excluding hydrogens is 413 g/mol. The highest BCUT2D eigenvalue weighted by molar-refractivity contribution is 7.09. The Morgan fingerprint density at radius 3 is 2.43 bits per heavy atom. The number of nitrogens with one attached hydrogen (secondary N) is 2. The molecule has 0 saturated heterocycles. The average molecular weight is 428 g/mol. The van der Waals surface area contributed by atoms with Crippen LogP contribution in [0.4, 0.5) is 13.2 Å². The van der Waals surface area contributed by atoms with Crippen LogP contribution in [0.5, 0.6) is 0 Å². The van der Waals surface area contributed by atoms with Crippen LogP contribution in [0, 0.1) is 0 Å². The number of fused-ring (bicyclic) bond motifs is 1. The van der Waals surface area contributed by atoms with Gasteiger partial charge in [0.2, 0.25) is 0 Å². The summed E-state index contributed by atoms with van der Waals surface area (Å²) in [6.45, 7) is 0.218. The van der Waals surface area contributed by atoms with E-state index >= 15 is 0 Å². The third-order valence-electron chi connectivity index (χ3n) is 4.60. The molecule has 8 heteroatoms. The van der Waals surface area contributed by atoms with E-state index < -0.39 is 28.6 Å². The Hall–Kier alpha value is -3.39. The normalized spacial score (nSPS) is 11.6. The molecule has 2 aromatic heterocycles. The Bertz CT molecular complexity index is 1260. The molecule has 0 aliphatic rings. The van der Waals surface area contributed by atoms with Crippen molar-refractivity contribution in [1.82, 2.24) is 10.3 Å². The fourth-order valence-corrected chi connectivity index (χ4v) is 3.81. The van der Waals surface area contributed by atoms with Gasteiger partial charge in [-0.1, -0.05) is 36.4 Å². The van der Waals surface area contributed by atoms with E-state index in [1.54, 1.807) is 30.3 Å². The number of rotatable bonds is 4. The molecule has 30 heavy (non-hydrogen) atoms. The van der Waals surface area contributed by atoms with Crippen molar-refractivity contribution >= 4 is 28.1 Å².